The van der Waals surface area contributed by atoms with Crippen LogP contribution in [0.5, 0.6) is 0 Å². The van der Waals surface area contributed by atoms with Crippen LogP contribution in [0.2, 0.25) is 5.02 Å². The van der Waals surface area contributed by atoms with Crippen molar-refractivity contribution in [1.82, 2.24) is 4.90 Å². The average molecular weight is 398 g/mol. The summed E-state index contributed by atoms with van der Waals surface area (Å²) in [6.45, 7) is 4.90. The van der Waals surface area contributed by atoms with Gasteiger partial charge in [-0.05, 0) is 48.7 Å². The first-order valence-corrected chi connectivity index (χ1v) is 8.55. The first-order chi connectivity index (χ1) is 10.9. The summed E-state index contributed by atoms with van der Waals surface area (Å²) in [4.78, 5) is 6.41. The van der Waals surface area contributed by atoms with Crippen LogP contribution in [-0.4, -0.2) is 24.8 Å². The fraction of sp³-hybridized carbons (Fsp3) is 0.278. The fourth-order valence-electron chi connectivity index (χ4n) is 2.16. The van der Waals surface area contributed by atoms with Gasteiger partial charge < -0.3 is 4.90 Å². The Bertz CT molecular complexity index is 731. The quantitative estimate of drug-likeness (QED) is 0.463. The first-order valence-electron chi connectivity index (χ1n) is 7.38. The zero-order valence-corrected chi connectivity index (χ0v) is 15.7. The molecule has 0 amide bonds. The molecule has 5 heteroatoms. The van der Waals surface area contributed by atoms with Gasteiger partial charge in [-0.2, -0.15) is 0 Å². The highest BCUT2D eigenvalue weighted by Crippen LogP contribution is 2.32. The van der Waals surface area contributed by atoms with Crippen LogP contribution >= 0.6 is 27.5 Å². The first kappa shape index (κ1) is 18.0. The molecule has 0 aromatic heterocycles. The van der Waals surface area contributed by atoms with Crippen molar-refractivity contribution in [1.29, 1.82) is 0 Å². The minimum Gasteiger partial charge on any atom is -0.366 e. The van der Waals surface area contributed by atoms with Gasteiger partial charge in [0.1, 0.15) is 5.82 Å². The van der Waals surface area contributed by atoms with Crippen LogP contribution in [0.15, 0.2) is 39.8 Å². The SMILES string of the molecule is CCN(C)/C=N\c1cc(C)cc(Cc2ccc(Br)cc2F)c1Cl. The number of hydrogen-bond donors (Lipinski definition) is 0. The Morgan fingerprint density at radius 3 is 2.65 bits per heavy atom. The summed E-state index contributed by atoms with van der Waals surface area (Å²) in [5.74, 6) is -0.243. The lowest BCUT2D eigenvalue weighted by Gasteiger charge is -2.12. The summed E-state index contributed by atoms with van der Waals surface area (Å²) in [5.41, 5.74) is 3.24. The summed E-state index contributed by atoms with van der Waals surface area (Å²) >= 11 is 9.75. The van der Waals surface area contributed by atoms with E-state index in [0.717, 1.165) is 22.1 Å². The second kappa shape index (κ2) is 7.93. The van der Waals surface area contributed by atoms with Crippen molar-refractivity contribution in [3.63, 3.8) is 0 Å². The highest BCUT2D eigenvalue weighted by molar-refractivity contribution is 9.10. The normalized spacial score (nSPS) is 11.2. The number of aliphatic imine (C=N–C) groups is 1. The lowest BCUT2D eigenvalue weighted by atomic mass is 10.0. The third kappa shape index (κ3) is 4.79. The van der Waals surface area contributed by atoms with Gasteiger partial charge in [0.2, 0.25) is 0 Å². The number of nitrogens with zero attached hydrogens (tertiary/aromatic N) is 2. The van der Waals surface area contributed by atoms with Gasteiger partial charge >= 0.3 is 0 Å². The van der Waals surface area contributed by atoms with Gasteiger partial charge in [0.25, 0.3) is 0 Å². The van der Waals surface area contributed by atoms with Gasteiger partial charge in [0, 0.05) is 24.5 Å². The molecule has 0 aliphatic heterocycles. The average Bonchev–Trinajstić information content (AvgIpc) is 2.51. The van der Waals surface area contributed by atoms with Crippen LogP contribution in [0.1, 0.15) is 23.6 Å². The molecule has 0 N–H and O–H groups in total. The molecule has 0 heterocycles. The number of benzene rings is 2. The predicted octanol–water partition coefficient (Wildman–Crippen LogP) is 5.75. The Labute approximate surface area is 150 Å². The van der Waals surface area contributed by atoms with Crippen LogP contribution in [0.4, 0.5) is 10.1 Å². The molecule has 0 spiro atoms. The summed E-state index contributed by atoms with van der Waals surface area (Å²) in [7, 11) is 1.95. The fourth-order valence-corrected chi connectivity index (χ4v) is 2.72. The Morgan fingerprint density at radius 1 is 1.26 bits per heavy atom. The second-order valence-corrected chi connectivity index (χ2v) is 6.78. The van der Waals surface area contributed by atoms with E-state index in [4.69, 9.17) is 11.6 Å². The second-order valence-electron chi connectivity index (χ2n) is 5.49. The van der Waals surface area contributed by atoms with E-state index in [-0.39, 0.29) is 5.82 Å². The van der Waals surface area contributed by atoms with Crippen molar-refractivity contribution in [3.8, 4) is 0 Å². The Hall–Kier alpha value is -1.39. The predicted molar refractivity (Wildman–Crippen MR) is 99.6 cm³/mol. The topological polar surface area (TPSA) is 15.6 Å². The molecule has 0 fully saturated rings. The molecule has 2 aromatic carbocycles. The highest BCUT2D eigenvalue weighted by Gasteiger charge is 2.11. The molecule has 2 aromatic rings. The van der Waals surface area contributed by atoms with E-state index < -0.39 is 0 Å². The van der Waals surface area contributed by atoms with E-state index in [2.05, 4.69) is 20.9 Å². The molecule has 0 atom stereocenters. The van der Waals surface area contributed by atoms with E-state index in [1.165, 1.54) is 6.07 Å². The molecule has 0 saturated heterocycles. The maximum atomic E-state index is 14.1. The molecule has 0 unspecified atom stereocenters. The summed E-state index contributed by atoms with van der Waals surface area (Å²) < 4.78 is 14.8. The van der Waals surface area contributed by atoms with E-state index in [0.29, 0.717) is 22.7 Å². The van der Waals surface area contributed by atoms with Crippen molar-refractivity contribution in [2.24, 2.45) is 4.99 Å². The van der Waals surface area contributed by atoms with Crippen LogP contribution in [-0.2, 0) is 6.42 Å². The van der Waals surface area contributed by atoms with Crippen molar-refractivity contribution in [2.45, 2.75) is 20.3 Å². The van der Waals surface area contributed by atoms with E-state index >= 15 is 0 Å². The van der Waals surface area contributed by atoms with Gasteiger partial charge in [-0.3, -0.25) is 0 Å². The van der Waals surface area contributed by atoms with Crippen LogP contribution in [0.3, 0.4) is 0 Å². The molecule has 0 aliphatic rings. The van der Waals surface area contributed by atoms with E-state index in [9.17, 15) is 4.39 Å². The third-order valence-electron chi connectivity index (χ3n) is 3.56. The summed E-state index contributed by atoms with van der Waals surface area (Å²) in [6.07, 6.45) is 2.19. The van der Waals surface area contributed by atoms with Crippen LogP contribution in [0.25, 0.3) is 0 Å². The van der Waals surface area contributed by atoms with Crippen molar-refractivity contribution in [3.05, 3.63) is 62.3 Å². The third-order valence-corrected chi connectivity index (χ3v) is 4.49. The zero-order chi connectivity index (χ0) is 17.0. The number of halogens is 3. The lowest BCUT2D eigenvalue weighted by molar-refractivity contribution is 0.552. The molecule has 0 bridgehead atoms. The molecule has 2 rings (SSSR count). The van der Waals surface area contributed by atoms with Crippen molar-refractivity contribution < 1.29 is 4.39 Å². The van der Waals surface area contributed by atoms with Gasteiger partial charge in [0.15, 0.2) is 0 Å². The Kier molecular flexibility index (Phi) is 6.19. The zero-order valence-electron chi connectivity index (χ0n) is 13.4. The van der Waals surface area contributed by atoms with Crippen molar-refractivity contribution in [2.75, 3.05) is 13.6 Å². The van der Waals surface area contributed by atoms with Crippen molar-refractivity contribution >= 4 is 39.6 Å². The van der Waals surface area contributed by atoms with Crippen LogP contribution in [0, 0.1) is 12.7 Å². The standard InChI is InChI=1S/C18H19BrClFN2/c1-4-23(3)11-22-17-8-12(2)7-14(18(17)20)9-13-5-6-15(19)10-16(13)21/h5-8,10-11H,4,9H2,1-3H3/b22-11-. The lowest BCUT2D eigenvalue weighted by Crippen LogP contribution is -2.14. The molecular weight excluding hydrogens is 379 g/mol. The van der Waals surface area contributed by atoms with E-state index in [1.54, 1.807) is 12.4 Å². The molecule has 2 nitrogen and oxygen atoms in total. The molecule has 0 aliphatic carbocycles. The number of rotatable bonds is 5. The maximum absolute atomic E-state index is 14.1. The van der Waals surface area contributed by atoms with Gasteiger partial charge in [-0.15, -0.1) is 0 Å². The summed E-state index contributed by atoms with van der Waals surface area (Å²) in [6, 6.07) is 8.98. The Morgan fingerprint density at radius 2 is 2.00 bits per heavy atom. The van der Waals surface area contributed by atoms with Gasteiger partial charge in [-0.25, -0.2) is 9.38 Å². The summed E-state index contributed by atoms with van der Waals surface area (Å²) in [5, 5.41) is 0.568. The maximum Gasteiger partial charge on any atom is 0.127 e. The molecule has 0 radical (unpaired) electrons. The van der Waals surface area contributed by atoms with Gasteiger partial charge in [-0.1, -0.05) is 39.7 Å². The molecule has 0 saturated carbocycles. The monoisotopic (exact) mass is 396 g/mol. The molecule has 122 valence electrons. The van der Waals surface area contributed by atoms with E-state index in [1.807, 2.05) is 44.0 Å². The number of aryl methyl sites for hydroxylation is 1. The molecule has 23 heavy (non-hydrogen) atoms. The smallest absolute Gasteiger partial charge is 0.127 e. The molecular formula is C18H19BrClFN2. The van der Waals surface area contributed by atoms with Gasteiger partial charge in [0.05, 0.1) is 17.0 Å². The van der Waals surface area contributed by atoms with Crippen LogP contribution < -0.4 is 0 Å². The number of hydrogen-bond acceptors (Lipinski definition) is 1. The highest BCUT2D eigenvalue weighted by atomic mass is 79.9. The minimum atomic E-state index is -0.243. The largest absolute Gasteiger partial charge is 0.366 e. The minimum absolute atomic E-state index is 0.243. The Balaban J connectivity index is 2.35.